The highest BCUT2D eigenvalue weighted by Gasteiger charge is 2.27. The van der Waals surface area contributed by atoms with Crippen molar-refractivity contribution in [2.45, 2.75) is 46.1 Å². The van der Waals surface area contributed by atoms with Crippen LogP contribution in [0.5, 0.6) is 5.75 Å². The van der Waals surface area contributed by atoms with Crippen molar-refractivity contribution < 1.29 is 14.3 Å². The van der Waals surface area contributed by atoms with Crippen molar-refractivity contribution in [3.63, 3.8) is 0 Å². The Morgan fingerprint density at radius 2 is 2.00 bits per heavy atom. The number of likely N-dealkylation sites (tertiary alicyclic amines) is 1. The number of ether oxygens (including phenoxy) is 1. The molecule has 0 spiro atoms. The van der Waals surface area contributed by atoms with Gasteiger partial charge < -0.3 is 15.0 Å². The number of hydrogen-bond donors (Lipinski definition) is 1. The molecule has 0 bridgehead atoms. The summed E-state index contributed by atoms with van der Waals surface area (Å²) in [6.07, 6.45) is 2.02. The number of nitrogens with one attached hydrogen (secondary N) is 1. The number of methoxy groups -OCH3 is 1. The maximum atomic E-state index is 12.5. The first-order valence-electron chi connectivity index (χ1n) is 8.69. The van der Waals surface area contributed by atoms with Crippen molar-refractivity contribution in [3.8, 4) is 5.75 Å². The second kappa shape index (κ2) is 8.18. The molecule has 0 radical (unpaired) electrons. The van der Waals surface area contributed by atoms with Crippen LogP contribution in [0.15, 0.2) is 18.2 Å². The molecule has 5 heteroatoms. The summed E-state index contributed by atoms with van der Waals surface area (Å²) in [4.78, 5) is 26.1. The van der Waals surface area contributed by atoms with Gasteiger partial charge in [0.1, 0.15) is 5.75 Å². The minimum Gasteiger partial charge on any atom is -0.496 e. The number of nitrogens with zero attached hydrogens (tertiary/aromatic N) is 1. The zero-order valence-corrected chi connectivity index (χ0v) is 15.1. The molecule has 1 heterocycles. The fourth-order valence-electron chi connectivity index (χ4n) is 3.20. The molecule has 1 atom stereocenters. The van der Waals surface area contributed by atoms with E-state index >= 15 is 0 Å². The van der Waals surface area contributed by atoms with Gasteiger partial charge in [0.2, 0.25) is 11.8 Å². The quantitative estimate of drug-likeness (QED) is 0.902. The lowest BCUT2D eigenvalue weighted by Gasteiger charge is -2.31. The van der Waals surface area contributed by atoms with Crippen LogP contribution in [-0.2, 0) is 9.59 Å². The third-order valence-corrected chi connectivity index (χ3v) is 4.80. The van der Waals surface area contributed by atoms with E-state index in [2.05, 4.69) is 5.32 Å². The summed E-state index contributed by atoms with van der Waals surface area (Å²) >= 11 is 0. The standard InChI is InChI=1S/C19H28N2O3/c1-5-18(22)21-10-8-15(9-11-21)19(23)20-14(3)16-6-7-17(24-4)13(2)12-16/h6-7,12,14-15H,5,8-11H2,1-4H3,(H,20,23). The predicted octanol–water partition coefficient (Wildman–Crippen LogP) is 2.83. The molecular formula is C19H28N2O3. The summed E-state index contributed by atoms with van der Waals surface area (Å²) < 4.78 is 5.28. The lowest BCUT2D eigenvalue weighted by Crippen LogP contribution is -2.43. The highest BCUT2D eigenvalue weighted by atomic mass is 16.5. The summed E-state index contributed by atoms with van der Waals surface area (Å²) in [6, 6.07) is 5.92. The Bertz CT molecular complexity index is 592. The van der Waals surface area contributed by atoms with Gasteiger partial charge in [0, 0.05) is 25.4 Å². The van der Waals surface area contributed by atoms with E-state index in [1.54, 1.807) is 7.11 Å². The molecule has 2 amide bonds. The van der Waals surface area contributed by atoms with Gasteiger partial charge in [-0.25, -0.2) is 0 Å². The van der Waals surface area contributed by atoms with Crippen LogP contribution < -0.4 is 10.1 Å². The summed E-state index contributed by atoms with van der Waals surface area (Å²) in [7, 11) is 1.66. The van der Waals surface area contributed by atoms with Crippen molar-refractivity contribution in [2.75, 3.05) is 20.2 Å². The molecule has 2 rings (SSSR count). The van der Waals surface area contributed by atoms with Gasteiger partial charge in [-0.2, -0.15) is 0 Å². The van der Waals surface area contributed by atoms with Crippen LogP contribution in [0.3, 0.4) is 0 Å². The zero-order chi connectivity index (χ0) is 17.7. The third kappa shape index (κ3) is 4.28. The van der Waals surface area contributed by atoms with Gasteiger partial charge in [-0.05, 0) is 43.9 Å². The fourth-order valence-corrected chi connectivity index (χ4v) is 3.20. The first-order valence-corrected chi connectivity index (χ1v) is 8.69. The number of aryl methyl sites for hydroxylation is 1. The van der Waals surface area contributed by atoms with Gasteiger partial charge >= 0.3 is 0 Å². The lowest BCUT2D eigenvalue weighted by atomic mass is 9.95. The smallest absolute Gasteiger partial charge is 0.223 e. The third-order valence-electron chi connectivity index (χ3n) is 4.80. The molecule has 1 aromatic rings. The summed E-state index contributed by atoms with van der Waals surface area (Å²) in [5, 5.41) is 3.11. The molecule has 132 valence electrons. The highest BCUT2D eigenvalue weighted by Crippen LogP contribution is 2.24. The number of carbonyl (C=O) groups is 2. The average molecular weight is 332 g/mol. The minimum atomic E-state index is -0.0441. The SMILES string of the molecule is CCC(=O)N1CCC(C(=O)NC(C)c2ccc(OC)c(C)c2)CC1. The molecular weight excluding hydrogens is 304 g/mol. The van der Waals surface area contributed by atoms with Crippen LogP contribution in [0.2, 0.25) is 0 Å². The minimum absolute atomic E-state index is 0.00676. The van der Waals surface area contributed by atoms with E-state index in [0.29, 0.717) is 19.5 Å². The van der Waals surface area contributed by atoms with Crippen molar-refractivity contribution >= 4 is 11.8 Å². The molecule has 5 nitrogen and oxygen atoms in total. The van der Waals surface area contributed by atoms with Crippen LogP contribution in [0.25, 0.3) is 0 Å². The van der Waals surface area contributed by atoms with Crippen LogP contribution in [0.1, 0.15) is 50.3 Å². The topological polar surface area (TPSA) is 58.6 Å². The maximum Gasteiger partial charge on any atom is 0.223 e. The molecule has 0 aliphatic carbocycles. The second-order valence-corrected chi connectivity index (χ2v) is 6.47. The number of piperidine rings is 1. The number of benzene rings is 1. The molecule has 1 N–H and O–H groups in total. The molecule has 1 aliphatic heterocycles. The van der Waals surface area contributed by atoms with E-state index in [1.165, 1.54) is 0 Å². The van der Waals surface area contributed by atoms with E-state index in [4.69, 9.17) is 4.74 Å². The Morgan fingerprint density at radius 3 is 2.54 bits per heavy atom. The first-order chi connectivity index (χ1) is 11.5. The fraction of sp³-hybridized carbons (Fsp3) is 0.579. The molecule has 1 unspecified atom stereocenters. The summed E-state index contributed by atoms with van der Waals surface area (Å²) in [5.74, 6) is 1.11. The Morgan fingerprint density at radius 1 is 1.33 bits per heavy atom. The van der Waals surface area contributed by atoms with E-state index in [0.717, 1.165) is 29.7 Å². The number of amides is 2. The normalized spacial score (nSPS) is 16.6. The Hall–Kier alpha value is -2.04. The zero-order valence-electron chi connectivity index (χ0n) is 15.1. The van der Waals surface area contributed by atoms with Crippen molar-refractivity contribution in [3.05, 3.63) is 29.3 Å². The highest BCUT2D eigenvalue weighted by molar-refractivity contribution is 5.80. The van der Waals surface area contributed by atoms with Gasteiger partial charge in [-0.15, -0.1) is 0 Å². The van der Waals surface area contributed by atoms with Crippen molar-refractivity contribution in [1.82, 2.24) is 10.2 Å². The van der Waals surface area contributed by atoms with E-state index < -0.39 is 0 Å². The van der Waals surface area contributed by atoms with Gasteiger partial charge in [-0.1, -0.05) is 19.1 Å². The van der Waals surface area contributed by atoms with E-state index in [9.17, 15) is 9.59 Å². The number of hydrogen-bond acceptors (Lipinski definition) is 3. The monoisotopic (exact) mass is 332 g/mol. The Labute approximate surface area is 144 Å². The maximum absolute atomic E-state index is 12.5. The molecule has 1 aromatic carbocycles. The molecule has 1 fully saturated rings. The van der Waals surface area contributed by atoms with Gasteiger partial charge in [0.05, 0.1) is 13.2 Å². The van der Waals surface area contributed by atoms with Crippen LogP contribution in [0, 0.1) is 12.8 Å². The van der Waals surface area contributed by atoms with Crippen molar-refractivity contribution in [1.29, 1.82) is 0 Å². The van der Waals surface area contributed by atoms with E-state index in [1.807, 2.05) is 43.9 Å². The van der Waals surface area contributed by atoms with Gasteiger partial charge in [0.15, 0.2) is 0 Å². The first kappa shape index (κ1) is 18.3. The van der Waals surface area contributed by atoms with Crippen LogP contribution in [0.4, 0.5) is 0 Å². The van der Waals surface area contributed by atoms with Crippen LogP contribution >= 0.6 is 0 Å². The van der Waals surface area contributed by atoms with E-state index in [-0.39, 0.29) is 23.8 Å². The molecule has 24 heavy (non-hydrogen) atoms. The number of carbonyl (C=O) groups excluding carboxylic acids is 2. The largest absolute Gasteiger partial charge is 0.496 e. The average Bonchev–Trinajstić information content (AvgIpc) is 2.60. The Balaban J connectivity index is 1.90. The molecule has 1 saturated heterocycles. The lowest BCUT2D eigenvalue weighted by molar-refractivity contribution is -0.135. The predicted molar refractivity (Wildman–Crippen MR) is 93.9 cm³/mol. The summed E-state index contributed by atoms with van der Waals surface area (Å²) in [5.41, 5.74) is 2.13. The molecule has 0 saturated carbocycles. The van der Waals surface area contributed by atoms with Gasteiger partial charge in [0.25, 0.3) is 0 Å². The van der Waals surface area contributed by atoms with Crippen molar-refractivity contribution in [2.24, 2.45) is 5.92 Å². The number of rotatable bonds is 5. The van der Waals surface area contributed by atoms with Crippen LogP contribution in [-0.4, -0.2) is 36.9 Å². The second-order valence-electron chi connectivity index (χ2n) is 6.47. The van der Waals surface area contributed by atoms with Gasteiger partial charge in [-0.3, -0.25) is 9.59 Å². The summed E-state index contributed by atoms with van der Waals surface area (Å²) in [6.45, 7) is 7.23. The molecule has 1 aliphatic rings. The molecule has 0 aromatic heterocycles. The Kier molecular flexibility index (Phi) is 6.23.